The standard InChI is InChI=1S/C20H30N4/c1-5-23(6-2)11-12-24(19-9-7-15(3)13-17(19)21)20-10-8-16(4)14-18(20)22/h7-10,13-14H,5-6,11-12,21-22H2,1-4H3. The molecule has 0 amide bonds. The van der Waals surface area contributed by atoms with Crippen LogP contribution in [-0.4, -0.2) is 31.1 Å². The molecule has 0 heterocycles. The van der Waals surface area contributed by atoms with Crippen LogP contribution in [0.5, 0.6) is 0 Å². The summed E-state index contributed by atoms with van der Waals surface area (Å²) in [6.07, 6.45) is 0. The van der Waals surface area contributed by atoms with E-state index >= 15 is 0 Å². The van der Waals surface area contributed by atoms with Crippen molar-refractivity contribution >= 4 is 22.7 Å². The summed E-state index contributed by atoms with van der Waals surface area (Å²) >= 11 is 0. The van der Waals surface area contributed by atoms with Crippen molar-refractivity contribution in [3.8, 4) is 0 Å². The van der Waals surface area contributed by atoms with Gasteiger partial charge >= 0.3 is 0 Å². The van der Waals surface area contributed by atoms with Crippen LogP contribution in [0.25, 0.3) is 0 Å². The van der Waals surface area contributed by atoms with Crippen molar-refractivity contribution in [3.63, 3.8) is 0 Å². The van der Waals surface area contributed by atoms with E-state index in [1.54, 1.807) is 0 Å². The summed E-state index contributed by atoms with van der Waals surface area (Å²) in [6.45, 7) is 12.4. The Morgan fingerprint density at radius 3 is 1.58 bits per heavy atom. The van der Waals surface area contributed by atoms with E-state index in [0.29, 0.717) is 0 Å². The number of aryl methyl sites for hydroxylation is 2. The minimum atomic E-state index is 0.787. The molecule has 0 radical (unpaired) electrons. The van der Waals surface area contributed by atoms with E-state index in [1.807, 2.05) is 12.1 Å². The lowest BCUT2D eigenvalue weighted by Crippen LogP contribution is -2.33. The van der Waals surface area contributed by atoms with E-state index in [4.69, 9.17) is 11.5 Å². The van der Waals surface area contributed by atoms with E-state index in [2.05, 4.69) is 61.8 Å². The average molecular weight is 326 g/mol. The molecular weight excluding hydrogens is 296 g/mol. The highest BCUT2D eigenvalue weighted by Crippen LogP contribution is 2.34. The fourth-order valence-corrected chi connectivity index (χ4v) is 2.99. The predicted molar refractivity (Wildman–Crippen MR) is 106 cm³/mol. The van der Waals surface area contributed by atoms with Gasteiger partial charge in [-0.2, -0.15) is 0 Å². The molecule has 0 atom stereocenters. The maximum atomic E-state index is 6.31. The molecule has 2 rings (SSSR count). The van der Waals surface area contributed by atoms with Gasteiger partial charge in [0.2, 0.25) is 0 Å². The van der Waals surface area contributed by atoms with Crippen LogP contribution < -0.4 is 16.4 Å². The molecule has 0 aliphatic rings. The minimum Gasteiger partial charge on any atom is -0.397 e. The second kappa shape index (κ2) is 8.06. The summed E-state index contributed by atoms with van der Waals surface area (Å²) in [5, 5.41) is 0. The molecule has 0 unspecified atom stereocenters. The zero-order valence-corrected chi connectivity index (χ0v) is 15.3. The molecule has 0 aromatic heterocycles. The zero-order chi connectivity index (χ0) is 17.7. The van der Waals surface area contributed by atoms with Crippen molar-refractivity contribution < 1.29 is 0 Å². The number of hydrogen-bond donors (Lipinski definition) is 2. The SMILES string of the molecule is CCN(CC)CCN(c1ccc(C)cc1N)c1ccc(C)cc1N. The molecule has 0 aliphatic heterocycles. The Hall–Kier alpha value is -2.20. The van der Waals surface area contributed by atoms with E-state index in [0.717, 1.165) is 60.1 Å². The van der Waals surface area contributed by atoms with Crippen LogP contribution >= 0.6 is 0 Å². The van der Waals surface area contributed by atoms with Crippen LogP contribution in [0.2, 0.25) is 0 Å². The van der Waals surface area contributed by atoms with Gasteiger partial charge in [-0.3, -0.25) is 0 Å². The van der Waals surface area contributed by atoms with Crippen LogP contribution in [0.4, 0.5) is 22.7 Å². The van der Waals surface area contributed by atoms with Gasteiger partial charge in [0, 0.05) is 13.1 Å². The van der Waals surface area contributed by atoms with Gasteiger partial charge in [-0.25, -0.2) is 0 Å². The number of benzene rings is 2. The minimum absolute atomic E-state index is 0.787. The van der Waals surface area contributed by atoms with Crippen molar-refractivity contribution in [1.29, 1.82) is 0 Å². The van der Waals surface area contributed by atoms with Gasteiger partial charge in [-0.1, -0.05) is 26.0 Å². The quantitative estimate of drug-likeness (QED) is 0.757. The normalized spacial score (nSPS) is 11.0. The fraction of sp³-hybridized carbons (Fsp3) is 0.400. The first kappa shape index (κ1) is 18.1. The van der Waals surface area contributed by atoms with Gasteiger partial charge in [0.1, 0.15) is 0 Å². The van der Waals surface area contributed by atoms with Gasteiger partial charge in [0.05, 0.1) is 22.7 Å². The third-order valence-corrected chi connectivity index (χ3v) is 4.48. The molecular formula is C20H30N4. The molecule has 2 aromatic rings. The molecule has 2 aromatic carbocycles. The number of nitrogens with two attached hydrogens (primary N) is 2. The number of anilines is 4. The van der Waals surface area contributed by atoms with E-state index in [9.17, 15) is 0 Å². The molecule has 0 saturated heterocycles. The molecule has 24 heavy (non-hydrogen) atoms. The number of nitrogens with zero attached hydrogens (tertiary/aromatic N) is 2. The van der Waals surface area contributed by atoms with Crippen LogP contribution in [0.15, 0.2) is 36.4 Å². The second-order valence-electron chi connectivity index (χ2n) is 6.30. The Morgan fingerprint density at radius 2 is 1.21 bits per heavy atom. The fourth-order valence-electron chi connectivity index (χ4n) is 2.99. The van der Waals surface area contributed by atoms with Crippen molar-refractivity contribution in [2.24, 2.45) is 0 Å². The Kier molecular flexibility index (Phi) is 6.10. The monoisotopic (exact) mass is 326 g/mol. The number of hydrogen-bond acceptors (Lipinski definition) is 4. The maximum Gasteiger partial charge on any atom is 0.0645 e. The van der Waals surface area contributed by atoms with E-state index < -0.39 is 0 Å². The lowest BCUT2D eigenvalue weighted by molar-refractivity contribution is 0.312. The van der Waals surface area contributed by atoms with Gasteiger partial charge < -0.3 is 21.3 Å². The summed E-state index contributed by atoms with van der Waals surface area (Å²) < 4.78 is 0. The van der Waals surface area contributed by atoms with Gasteiger partial charge in [-0.05, 0) is 62.3 Å². The Labute approximate surface area is 146 Å². The molecule has 4 heteroatoms. The Bertz CT molecular complexity index is 626. The lowest BCUT2D eigenvalue weighted by Gasteiger charge is -2.30. The summed E-state index contributed by atoms with van der Waals surface area (Å²) in [5.41, 5.74) is 18.6. The number of likely N-dealkylation sites (N-methyl/N-ethyl adjacent to an activating group) is 1. The predicted octanol–water partition coefficient (Wildman–Crippen LogP) is 3.95. The lowest BCUT2D eigenvalue weighted by atomic mass is 10.1. The third kappa shape index (κ3) is 4.20. The molecule has 0 saturated carbocycles. The Balaban J connectivity index is 2.40. The Morgan fingerprint density at radius 1 is 0.750 bits per heavy atom. The van der Waals surface area contributed by atoms with Gasteiger partial charge in [-0.15, -0.1) is 0 Å². The highest BCUT2D eigenvalue weighted by molar-refractivity contribution is 5.81. The van der Waals surface area contributed by atoms with Crippen molar-refractivity contribution in [1.82, 2.24) is 4.90 Å². The molecule has 0 aliphatic carbocycles. The topological polar surface area (TPSA) is 58.5 Å². The summed E-state index contributed by atoms with van der Waals surface area (Å²) in [5.74, 6) is 0. The number of rotatable bonds is 7. The smallest absolute Gasteiger partial charge is 0.0645 e. The molecule has 0 bridgehead atoms. The molecule has 4 N–H and O–H groups in total. The first-order chi connectivity index (χ1) is 11.5. The van der Waals surface area contributed by atoms with Crippen LogP contribution in [-0.2, 0) is 0 Å². The van der Waals surface area contributed by atoms with Crippen molar-refractivity contribution in [2.45, 2.75) is 27.7 Å². The van der Waals surface area contributed by atoms with Crippen molar-refractivity contribution in [2.75, 3.05) is 42.5 Å². The van der Waals surface area contributed by atoms with Crippen LogP contribution in [0, 0.1) is 13.8 Å². The summed E-state index contributed by atoms with van der Waals surface area (Å²) in [7, 11) is 0. The van der Waals surface area contributed by atoms with Crippen molar-refractivity contribution in [3.05, 3.63) is 47.5 Å². The average Bonchev–Trinajstić information content (AvgIpc) is 2.54. The zero-order valence-electron chi connectivity index (χ0n) is 15.3. The number of nitrogen functional groups attached to an aromatic ring is 2. The largest absolute Gasteiger partial charge is 0.397 e. The first-order valence-corrected chi connectivity index (χ1v) is 8.68. The van der Waals surface area contributed by atoms with Gasteiger partial charge in [0.25, 0.3) is 0 Å². The molecule has 0 fully saturated rings. The maximum absolute atomic E-state index is 6.31. The second-order valence-corrected chi connectivity index (χ2v) is 6.30. The summed E-state index contributed by atoms with van der Waals surface area (Å²) in [4.78, 5) is 4.64. The van der Waals surface area contributed by atoms with Gasteiger partial charge in [0.15, 0.2) is 0 Å². The third-order valence-electron chi connectivity index (χ3n) is 4.48. The van der Waals surface area contributed by atoms with E-state index in [1.165, 1.54) is 0 Å². The molecule has 4 nitrogen and oxygen atoms in total. The molecule has 0 spiro atoms. The van der Waals surface area contributed by atoms with Crippen LogP contribution in [0.3, 0.4) is 0 Å². The highest BCUT2D eigenvalue weighted by Gasteiger charge is 2.16. The first-order valence-electron chi connectivity index (χ1n) is 8.68. The highest BCUT2D eigenvalue weighted by atomic mass is 15.2. The summed E-state index contributed by atoms with van der Waals surface area (Å²) in [6, 6.07) is 12.4. The van der Waals surface area contributed by atoms with E-state index in [-0.39, 0.29) is 0 Å². The van der Waals surface area contributed by atoms with Crippen LogP contribution in [0.1, 0.15) is 25.0 Å². The molecule has 130 valence electrons.